The van der Waals surface area contributed by atoms with Gasteiger partial charge >= 0.3 is 11.8 Å². The van der Waals surface area contributed by atoms with Gasteiger partial charge < -0.3 is 20.4 Å². The lowest BCUT2D eigenvalue weighted by molar-refractivity contribution is -0.139. The number of carbonyl (C=O) groups is 2. The Morgan fingerprint density at radius 1 is 1.32 bits per heavy atom. The molecule has 120 valence electrons. The maximum absolute atomic E-state index is 11.6. The summed E-state index contributed by atoms with van der Waals surface area (Å²) in [7, 11) is 7.48. The molecule has 6 heteroatoms. The largest absolute Gasteiger partial charge is 0.374 e. The first-order valence-corrected chi connectivity index (χ1v) is 7.44. The Labute approximate surface area is 131 Å². The van der Waals surface area contributed by atoms with Crippen LogP contribution in [0.3, 0.4) is 0 Å². The maximum Gasteiger partial charge on any atom is 0.309 e. The third-order valence-electron chi connectivity index (χ3n) is 4.13. The molecular weight excluding hydrogens is 280 g/mol. The topological polar surface area (TPSA) is 64.7 Å². The lowest BCUT2D eigenvalue weighted by Gasteiger charge is -2.25. The molecule has 0 saturated carbocycles. The third-order valence-corrected chi connectivity index (χ3v) is 4.13. The fraction of sp³-hybridized carbons (Fsp3) is 0.500. The lowest BCUT2D eigenvalue weighted by Crippen LogP contribution is -2.42. The molecule has 2 amide bonds. The molecule has 1 heterocycles. The Balaban J connectivity index is 2.12. The summed E-state index contributed by atoms with van der Waals surface area (Å²) in [4.78, 5) is 27.2. The monoisotopic (exact) mass is 304 g/mol. The molecule has 2 rings (SSSR count). The molecule has 1 aromatic carbocycles. The highest BCUT2D eigenvalue weighted by Gasteiger charge is 2.21. The van der Waals surface area contributed by atoms with Gasteiger partial charge in [-0.3, -0.25) is 9.59 Å². The van der Waals surface area contributed by atoms with Gasteiger partial charge in [0.1, 0.15) is 0 Å². The highest BCUT2D eigenvalue weighted by molar-refractivity contribution is 6.35. The van der Waals surface area contributed by atoms with E-state index < -0.39 is 11.8 Å². The normalized spacial score (nSPS) is 14.7. The first-order valence-electron chi connectivity index (χ1n) is 7.44. The van der Waals surface area contributed by atoms with Crippen LogP contribution in [0.25, 0.3) is 0 Å². The highest BCUT2D eigenvalue weighted by Crippen LogP contribution is 2.30. The second-order valence-corrected chi connectivity index (χ2v) is 5.83. The second kappa shape index (κ2) is 6.79. The Morgan fingerprint density at radius 2 is 2.05 bits per heavy atom. The summed E-state index contributed by atoms with van der Waals surface area (Å²) in [5.74, 6) is -1.22. The number of amides is 2. The average molecular weight is 304 g/mol. The van der Waals surface area contributed by atoms with Gasteiger partial charge in [0, 0.05) is 32.9 Å². The van der Waals surface area contributed by atoms with Crippen LogP contribution in [0.4, 0.5) is 5.69 Å². The van der Waals surface area contributed by atoms with E-state index >= 15 is 0 Å². The lowest BCUT2D eigenvalue weighted by atomic mass is 10.0. The quantitative estimate of drug-likeness (QED) is 0.777. The van der Waals surface area contributed by atoms with Crippen LogP contribution >= 0.6 is 0 Å². The smallest absolute Gasteiger partial charge is 0.309 e. The number of likely N-dealkylation sites (N-methyl/N-ethyl adjacent to an activating group) is 3. The number of hydrogen-bond donors (Lipinski definition) is 2. The van der Waals surface area contributed by atoms with Gasteiger partial charge in [-0.2, -0.15) is 0 Å². The molecule has 0 radical (unpaired) electrons. The number of carbonyl (C=O) groups excluding carboxylic acids is 2. The summed E-state index contributed by atoms with van der Waals surface area (Å²) in [5, 5.41) is 5.01. The van der Waals surface area contributed by atoms with Crippen LogP contribution in [0.2, 0.25) is 0 Å². The zero-order chi connectivity index (χ0) is 16.3. The van der Waals surface area contributed by atoms with E-state index in [4.69, 9.17) is 0 Å². The first-order chi connectivity index (χ1) is 10.4. The molecule has 6 nitrogen and oxygen atoms in total. The van der Waals surface area contributed by atoms with Crippen molar-refractivity contribution in [3.63, 3.8) is 0 Å². The molecule has 1 atom stereocenters. The van der Waals surface area contributed by atoms with E-state index in [0.29, 0.717) is 6.54 Å². The van der Waals surface area contributed by atoms with E-state index in [9.17, 15) is 9.59 Å². The van der Waals surface area contributed by atoms with Gasteiger partial charge in [0.15, 0.2) is 0 Å². The van der Waals surface area contributed by atoms with Crippen molar-refractivity contribution in [3.05, 3.63) is 29.3 Å². The van der Waals surface area contributed by atoms with Crippen molar-refractivity contribution < 1.29 is 9.59 Å². The third kappa shape index (κ3) is 3.39. The summed E-state index contributed by atoms with van der Waals surface area (Å²) in [5.41, 5.74) is 3.76. The Hall–Kier alpha value is -2.08. The Morgan fingerprint density at radius 3 is 2.68 bits per heavy atom. The summed E-state index contributed by atoms with van der Waals surface area (Å²) in [6.45, 7) is 1.44. The standard InChI is InChI=1S/C16H24N4O2/c1-17-15(21)16(22)18-10-14(19(2)3)11-5-6-13-12(9-11)7-8-20(13)4/h5-6,9,14H,7-8,10H2,1-4H3,(H,17,21)(H,18,22)/t14-/m1/s1. The molecule has 1 aliphatic heterocycles. The summed E-state index contributed by atoms with van der Waals surface area (Å²) < 4.78 is 0. The van der Waals surface area contributed by atoms with Crippen molar-refractivity contribution >= 4 is 17.5 Å². The van der Waals surface area contributed by atoms with E-state index in [1.165, 1.54) is 18.3 Å². The Kier molecular flexibility index (Phi) is 5.03. The zero-order valence-corrected chi connectivity index (χ0v) is 13.6. The molecule has 0 unspecified atom stereocenters. The number of benzene rings is 1. The van der Waals surface area contributed by atoms with E-state index in [1.54, 1.807) is 0 Å². The number of nitrogens with zero attached hydrogens (tertiary/aromatic N) is 2. The summed E-state index contributed by atoms with van der Waals surface area (Å²) >= 11 is 0. The second-order valence-electron chi connectivity index (χ2n) is 5.83. The van der Waals surface area contributed by atoms with Crippen LogP contribution in [-0.4, -0.2) is 58.0 Å². The maximum atomic E-state index is 11.6. The number of hydrogen-bond acceptors (Lipinski definition) is 4. The van der Waals surface area contributed by atoms with E-state index in [0.717, 1.165) is 18.5 Å². The highest BCUT2D eigenvalue weighted by atomic mass is 16.2. The number of fused-ring (bicyclic) bond motifs is 1. The van der Waals surface area contributed by atoms with Crippen molar-refractivity contribution in [2.75, 3.05) is 46.2 Å². The zero-order valence-electron chi connectivity index (χ0n) is 13.6. The fourth-order valence-corrected chi connectivity index (χ4v) is 2.78. The minimum absolute atomic E-state index is 0.0322. The molecule has 0 saturated heterocycles. The van der Waals surface area contributed by atoms with Gasteiger partial charge in [-0.05, 0) is 37.7 Å². The van der Waals surface area contributed by atoms with Gasteiger partial charge in [-0.25, -0.2) is 0 Å². The fourth-order valence-electron chi connectivity index (χ4n) is 2.78. The predicted molar refractivity (Wildman–Crippen MR) is 86.9 cm³/mol. The van der Waals surface area contributed by atoms with Gasteiger partial charge in [-0.15, -0.1) is 0 Å². The molecule has 0 bridgehead atoms. The van der Waals surface area contributed by atoms with Gasteiger partial charge in [0.2, 0.25) is 0 Å². The van der Waals surface area contributed by atoms with E-state index in [-0.39, 0.29) is 6.04 Å². The minimum atomic E-state index is -0.618. The van der Waals surface area contributed by atoms with E-state index in [2.05, 4.69) is 40.8 Å². The Bertz CT molecular complexity index is 571. The average Bonchev–Trinajstić information content (AvgIpc) is 2.87. The van der Waals surface area contributed by atoms with Crippen LogP contribution in [0.15, 0.2) is 18.2 Å². The van der Waals surface area contributed by atoms with Crippen LogP contribution in [0.1, 0.15) is 17.2 Å². The summed E-state index contributed by atoms with van der Waals surface area (Å²) in [6, 6.07) is 6.46. The molecule has 0 fully saturated rings. The molecule has 0 spiro atoms. The molecule has 1 aliphatic rings. The predicted octanol–water partition coefficient (Wildman–Crippen LogP) is 0.144. The molecule has 1 aromatic rings. The molecule has 0 aliphatic carbocycles. The van der Waals surface area contributed by atoms with Crippen LogP contribution in [-0.2, 0) is 16.0 Å². The van der Waals surface area contributed by atoms with Gasteiger partial charge in [0.25, 0.3) is 0 Å². The molecule has 0 aromatic heterocycles. The van der Waals surface area contributed by atoms with Gasteiger partial charge in [0.05, 0.1) is 6.04 Å². The van der Waals surface area contributed by atoms with E-state index in [1.807, 2.05) is 19.0 Å². The summed E-state index contributed by atoms with van der Waals surface area (Å²) in [6.07, 6.45) is 1.05. The van der Waals surface area contributed by atoms with Gasteiger partial charge in [-0.1, -0.05) is 12.1 Å². The number of rotatable bonds is 4. The minimum Gasteiger partial charge on any atom is -0.374 e. The molecular formula is C16H24N4O2. The number of anilines is 1. The van der Waals surface area contributed by atoms with Crippen molar-refractivity contribution in [1.29, 1.82) is 0 Å². The van der Waals surface area contributed by atoms with Crippen LogP contribution in [0.5, 0.6) is 0 Å². The van der Waals surface area contributed by atoms with Crippen LogP contribution in [0, 0.1) is 0 Å². The number of nitrogens with one attached hydrogen (secondary N) is 2. The first kappa shape index (κ1) is 16.3. The van der Waals surface area contributed by atoms with Crippen LogP contribution < -0.4 is 15.5 Å². The van der Waals surface area contributed by atoms with Crippen molar-refractivity contribution in [2.45, 2.75) is 12.5 Å². The molecule has 2 N–H and O–H groups in total. The van der Waals surface area contributed by atoms with Crippen molar-refractivity contribution in [2.24, 2.45) is 0 Å². The van der Waals surface area contributed by atoms with Crippen molar-refractivity contribution in [3.8, 4) is 0 Å². The SMILES string of the molecule is CNC(=O)C(=O)NC[C@H](c1ccc2c(c1)CCN2C)N(C)C. The van der Waals surface area contributed by atoms with Crippen molar-refractivity contribution in [1.82, 2.24) is 15.5 Å². The molecule has 22 heavy (non-hydrogen) atoms.